The number of methoxy groups -OCH3 is 1. The summed E-state index contributed by atoms with van der Waals surface area (Å²) < 4.78 is 7.15. The minimum absolute atomic E-state index is 0.430. The van der Waals surface area contributed by atoms with Crippen LogP contribution in [0.25, 0.3) is 11.4 Å². The van der Waals surface area contributed by atoms with Crippen LogP contribution in [0.15, 0.2) is 59.8 Å². The highest BCUT2D eigenvalue weighted by Crippen LogP contribution is 2.35. The molecule has 0 fully saturated rings. The summed E-state index contributed by atoms with van der Waals surface area (Å²) in [4.78, 5) is 12.0. The van der Waals surface area contributed by atoms with Gasteiger partial charge in [-0.05, 0) is 29.8 Å². The Hall–Kier alpha value is -2.35. The number of nitrogens with zero attached hydrogens (tertiary/aromatic N) is 3. The van der Waals surface area contributed by atoms with E-state index in [1.807, 2.05) is 47.0 Å². The molecule has 3 rings (SSSR count). The van der Waals surface area contributed by atoms with Crippen LogP contribution in [0.3, 0.4) is 0 Å². The third kappa shape index (κ3) is 4.68. The summed E-state index contributed by atoms with van der Waals surface area (Å²) in [5.74, 6) is 0.253. The summed E-state index contributed by atoms with van der Waals surface area (Å²) in [5.41, 5.74) is 7.35. The SMILES string of the molecule is COCCn1c(SC(C(N)=O)c2ccccc2)nnc1-c1ccc(Cl)cc1. The van der Waals surface area contributed by atoms with E-state index >= 15 is 0 Å². The van der Waals surface area contributed by atoms with Crippen LogP contribution >= 0.6 is 23.4 Å². The molecule has 0 spiro atoms. The first-order chi connectivity index (χ1) is 13.1. The average molecular weight is 403 g/mol. The second-order valence-corrected chi connectivity index (χ2v) is 7.28. The second kappa shape index (κ2) is 9.03. The molecule has 0 saturated carbocycles. The van der Waals surface area contributed by atoms with Crippen molar-refractivity contribution in [2.75, 3.05) is 13.7 Å². The minimum atomic E-state index is -0.560. The maximum atomic E-state index is 12.0. The van der Waals surface area contributed by atoms with Crippen LogP contribution in [0.2, 0.25) is 5.02 Å². The summed E-state index contributed by atoms with van der Waals surface area (Å²) in [6.45, 7) is 1.03. The summed E-state index contributed by atoms with van der Waals surface area (Å²) in [5, 5.41) is 9.30. The molecule has 0 aliphatic rings. The standard InChI is InChI=1S/C19H19ClN4O2S/c1-26-12-11-24-18(14-7-9-15(20)10-8-14)22-23-19(24)27-16(17(21)25)13-5-3-2-4-6-13/h2-10,16H,11-12H2,1H3,(H2,21,25). The van der Waals surface area contributed by atoms with Crippen LogP contribution < -0.4 is 5.73 Å². The van der Waals surface area contributed by atoms with E-state index in [-0.39, 0.29) is 0 Å². The van der Waals surface area contributed by atoms with E-state index in [1.54, 1.807) is 19.2 Å². The second-order valence-electron chi connectivity index (χ2n) is 5.77. The number of ether oxygens (including phenoxy) is 1. The summed E-state index contributed by atoms with van der Waals surface area (Å²) in [6, 6.07) is 16.8. The molecule has 0 saturated heterocycles. The maximum Gasteiger partial charge on any atom is 0.235 e. The van der Waals surface area contributed by atoms with Gasteiger partial charge in [0.15, 0.2) is 11.0 Å². The van der Waals surface area contributed by atoms with Gasteiger partial charge >= 0.3 is 0 Å². The lowest BCUT2D eigenvalue weighted by atomic mass is 10.1. The zero-order chi connectivity index (χ0) is 19.2. The smallest absolute Gasteiger partial charge is 0.235 e. The van der Waals surface area contributed by atoms with Gasteiger partial charge in [-0.1, -0.05) is 53.7 Å². The fourth-order valence-corrected chi connectivity index (χ4v) is 3.74. The van der Waals surface area contributed by atoms with Gasteiger partial charge in [0.05, 0.1) is 13.2 Å². The van der Waals surface area contributed by atoms with Crippen molar-refractivity contribution in [3.63, 3.8) is 0 Å². The van der Waals surface area contributed by atoms with Gasteiger partial charge in [-0.2, -0.15) is 0 Å². The van der Waals surface area contributed by atoms with Gasteiger partial charge in [0, 0.05) is 17.7 Å². The number of amides is 1. The Morgan fingerprint density at radius 1 is 1.19 bits per heavy atom. The zero-order valence-corrected chi connectivity index (χ0v) is 16.3. The number of carbonyl (C=O) groups is 1. The summed E-state index contributed by atoms with van der Waals surface area (Å²) >= 11 is 7.26. The lowest BCUT2D eigenvalue weighted by Gasteiger charge is -2.15. The first-order valence-electron chi connectivity index (χ1n) is 8.29. The Bertz CT molecular complexity index is 900. The molecule has 0 radical (unpaired) electrons. The summed E-state index contributed by atoms with van der Waals surface area (Å²) in [7, 11) is 1.63. The molecule has 140 valence electrons. The first kappa shape index (κ1) is 19.4. The van der Waals surface area contributed by atoms with Gasteiger partial charge in [-0.3, -0.25) is 9.36 Å². The molecule has 0 aliphatic carbocycles. The fourth-order valence-electron chi connectivity index (χ4n) is 2.60. The van der Waals surface area contributed by atoms with Gasteiger partial charge in [-0.25, -0.2) is 0 Å². The molecule has 0 aliphatic heterocycles. The number of nitrogens with two attached hydrogens (primary N) is 1. The predicted molar refractivity (Wildman–Crippen MR) is 107 cm³/mol. The molecular weight excluding hydrogens is 384 g/mol. The number of thioether (sulfide) groups is 1. The minimum Gasteiger partial charge on any atom is -0.383 e. The monoisotopic (exact) mass is 402 g/mol. The molecule has 2 aromatic carbocycles. The molecule has 0 bridgehead atoms. The van der Waals surface area contributed by atoms with Crippen molar-refractivity contribution in [2.45, 2.75) is 17.0 Å². The molecule has 3 aromatic rings. The number of carbonyl (C=O) groups excluding carboxylic acids is 1. The van der Waals surface area contributed by atoms with Crippen molar-refractivity contribution < 1.29 is 9.53 Å². The Balaban J connectivity index is 1.96. The quantitative estimate of drug-likeness (QED) is 0.582. The van der Waals surface area contributed by atoms with Crippen molar-refractivity contribution >= 4 is 29.3 Å². The number of rotatable bonds is 8. The van der Waals surface area contributed by atoms with E-state index in [1.165, 1.54) is 11.8 Å². The number of hydrogen-bond acceptors (Lipinski definition) is 5. The van der Waals surface area contributed by atoms with Crippen LogP contribution in [-0.4, -0.2) is 34.4 Å². The van der Waals surface area contributed by atoms with E-state index in [9.17, 15) is 4.79 Å². The maximum absolute atomic E-state index is 12.0. The number of benzene rings is 2. The molecule has 1 aromatic heterocycles. The molecule has 6 nitrogen and oxygen atoms in total. The third-order valence-corrected chi connectivity index (χ3v) is 5.43. The van der Waals surface area contributed by atoms with E-state index in [0.29, 0.717) is 29.2 Å². The van der Waals surface area contributed by atoms with Gasteiger partial charge in [-0.15, -0.1) is 10.2 Å². The lowest BCUT2D eigenvalue weighted by molar-refractivity contribution is -0.117. The topological polar surface area (TPSA) is 83.0 Å². The molecule has 1 amide bonds. The zero-order valence-electron chi connectivity index (χ0n) is 14.7. The van der Waals surface area contributed by atoms with E-state index in [4.69, 9.17) is 22.1 Å². The molecule has 2 N–H and O–H groups in total. The van der Waals surface area contributed by atoms with Crippen molar-refractivity contribution in [1.29, 1.82) is 0 Å². The summed E-state index contributed by atoms with van der Waals surface area (Å²) in [6.07, 6.45) is 0. The number of hydrogen-bond donors (Lipinski definition) is 1. The van der Waals surface area contributed by atoms with Crippen molar-refractivity contribution in [3.05, 3.63) is 65.2 Å². The van der Waals surface area contributed by atoms with Crippen molar-refractivity contribution in [3.8, 4) is 11.4 Å². The molecule has 1 atom stereocenters. The highest BCUT2D eigenvalue weighted by atomic mass is 35.5. The van der Waals surface area contributed by atoms with Crippen LogP contribution in [-0.2, 0) is 16.1 Å². The van der Waals surface area contributed by atoms with Gasteiger partial charge in [0.2, 0.25) is 5.91 Å². The average Bonchev–Trinajstić information content (AvgIpc) is 3.08. The van der Waals surface area contributed by atoms with Gasteiger partial charge in [0.25, 0.3) is 0 Å². The van der Waals surface area contributed by atoms with Crippen LogP contribution in [0, 0.1) is 0 Å². The van der Waals surface area contributed by atoms with E-state index in [0.717, 1.165) is 11.1 Å². The Kier molecular flexibility index (Phi) is 6.49. The third-order valence-electron chi connectivity index (χ3n) is 3.92. The largest absolute Gasteiger partial charge is 0.383 e. The predicted octanol–water partition coefficient (Wildman–Crippen LogP) is 3.56. The highest BCUT2D eigenvalue weighted by Gasteiger charge is 2.24. The van der Waals surface area contributed by atoms with Crippen molar-refractivity contribution in [1.82, 2.24) is 14.8 Å². The highest BCUT2D eigenvalue weighted by molar-refractivity contribution is 8.00. The normalized spacial score (nSPS) is 12.1. The lowest BCUT2D eigenvalue weighted by Crippen LogP contribution is -2.19. The number of primary amides is 1. The first-order valence-corrected chi connectivity index (χ1v) is 9.55. The molecule has 27 heavy (non-hydrogen) atoms. The van der Waals surface area contributed by atoms with Gasteiger partial charge in [0.1, 0.15) is 5.25 Å². The van der Waals surface area contributed by atoms with Crippen LogP contribution in [0.5, 0.6) is 0 Å². The van der Waals surface area contributed by atoms with E-state index < -0.39 is 11.2 Å². The van der Waals surface area contributed by atoms with Gasteiger partial charge < -0.3 is 10.5 Å². The van der Waals surface area contributed by atoms with E-state index in [2.05, 4.69) is 10.2 Å². The molecule has 1 unspecified atom stereocenters. The Labute approximate surface area is 166 Å². The molecule has 1 heterocycles. The van der Waals surface area contributed by atoms with Crippen molar-refractivity contribution in [2.24, 2.45) is 5.73 Å². The number of halogens is 1. The van der Waals surface area contributed by atoms with Crippen LogP contribution in [0.4, 0.5) is 0 Å². The Morgan fingerprint density at radius 2 is 1.89 bits per heavy atom. The number of aromatic nitrogens is 3. The fraction of sp³-hybridized carbons (Fsp3) is 0.211. The van der Waals surface area contributed by atoms with Crippen LogP contribution in [0.1, 0.15) is 10.8 Å². The molecular formula is C19H19ClN4O2S. The molecule has 8 heteroatoms. The Morgan fingerprint density at radius 3 is 2.52 bits per heavy atom.